The number of rotatable bonds is 2. The van der Waals surface area contributed by atoms with Gasteiger partial charge in [0.05, 0.1) is 10.6 Å². The summed E-state index contributed by atoms with van der Waals surface area (Å²) in [5.74, 6) is 1.73. The minimum Gasteiger partial charge on any atom is -0.478 e. The van der Waals surface area contributed by atoms with Crippen molar-refractivity contribution in [2.24, 2.45) is 11.8 Å². The number of carboxylic acid groups (broad SMARTS) is 1. The Labute approximate surface area is 114 Å². The molecule has 0 aliphatic heterocycles. The fourth-order valence-electron chi connectivity index (χ4n) is 3.52. The molecule has 2 fully saturated rings. The molecule has 98 valence electrons. The highest BCUT2D eigenvalue weighted by Gasteiger charge is 2.55. The summed E-state index contributed by atoms with van der Waals surface area (Å²) in [7, 11) is 0. The Morgan fingerprint density at radius 1 is 1.37 bits per heavy atom. The molecule has 2 aliphatic rings. The molecule has 6 heteroatoms. The first kappa shape index (κ1) is 11.2. The molecule has 2 aromatic rings. The lowest BCUT2D eigenvalue weighted by atomic mass is 10.1. The summed E-state index contributed by atoms with van der Waals surface area (Å²) >= 11 is 6.08. The van der Waals surface area contributed by atoms with Crippen molar-refractivity contribution in [1.82, 2.24) is 14.6 Å². The maximum Gasteiger partial charge on any atom is 0.337 e. The zero-order valence-corrected chi connectivity index (χ0v) is 10.8. The molecule has 0 aromatic carbocycles. The molecule has 0 spiro atoms. The van der Waals surface area contributed by atoms with Gasteiger partial charge in [-0.15, -0.1) is 10.2 Å². The number of aromatic nitrogens is 3. The average molecular weight is 278 g/mol. The third-order valence-electron chi connectivity index (χ3n) is 4.44. The molecule has 2 aliphatic carbocycles. The summed E-state index contributed by atoms with van der Waals surface area (Å²) in [5, 5.41) is 17.8. The van der Waals surface area contributed by atoms with Gasteiger partial charge in [0, 0.05) is 12.1 Å². The normalized spacial score (nSPS) is 28.6. The average Bonchev–Trinajstić information content (AvgIpc) is 2.81. The predicted molar refractivity (Wildman–Crippen MR) is 68.5 cm³/mol. The molecule has 2 heterocycles. The monoisotopic (exact) mass is 277 g/mol. The van der Waals surface area contributed by atoms with E-state index in [1.165, 1.54) is 25.3 Å². The lowest BCUT2D eigenvalue weighted by molar-refractivity contribution is 0.0696. The first-order valence-corrected chi connectivity index (χ1v) is 6.82. The highest BCUT2D eigenvalue weighted by molar-refractivity contribution is 6.33. The van der Waals surface area contributed by atoms with Crippen molar-refractivity contribution in [2.45, 2.75) is 25.2 Å². The van der Waals surface area contributed by atoms with Crippen LogP contribution >= 0.6 is 11.6 Å². The highest BCUT2D eigenvalue weighted by Crippen LogP contribution is 2.62. The van der Waals surface area contributed by atoms with E-state index < -0.39 is 5.97 Å². The number of hydrogen-bond acceptors (Lipinski definition) is 3. The number of carbonyl (C=O) groups is 1. The summed E-state index contributed by atoms with van der Waals surface area (Å²) in [5.41, 5.74) is 0.719. The smallest absolute Gasteiger partial charge is 0.337 e. The van der Waals surface area contributed by atoms with Crippen LogP contribution in [0.4, 0.5) is 0 Å². The lowest BCUT2D eigenvalue weighted by Crippen LogP contribution is -2.02. The van der Waals surface area contributed by atoms with Crippen molar-refractivity contribution < 1.29 is 9.90 Å². The number of nitrogens with zero attached hydrogens (tertiary/aromatic N) is 3. The van der Waals surface area contributed by atoms with Crippen molar-refractivity contribution in [2.75, 3.05) is 0 Å². The fourth-order valence-corrected chi connectivity index (χ4v) is 3.77. The van der Waals surface area contributed by atoms with E-state index in [0.29, 0.717) is 28.4 Å². The molecule has 2 saturated carbocycles. The van der Waals surface area contributed by atoms with Crippen LogP contribution < -0.4 is 0 Å². The van der Waals surface area contributed by atoms with Crippen molar-refractivity contribution in [1.29, 1.82) is 0 Å². The third-order valence-corrected chi connectivity index (χ3v) is 4.72. The lowest BCUT2D eigenvalue weighted by Gasteiger charge is -2.04. The number of hydrogen-bond donors (Lipinski definition) is 1. The molecule has 0 bridgehead atoms. The summed E-state index contributed by atoms with van der Waals surface area (Å²) in [4.78, 5) is 11.1. The Kier molecular flexibility index (Phi) is 2.18. The Balaban J connectivity index is 1.86. The van der Waals surface area contributed by atoms with E-state index in [2.05, 4.69) is 10.2 Å². The summed E-state index contributed by atoms with van der Waals surface area (Å²) in [6.07, 6.45) is 5.36. The zero-order valence-electron chi connectivity index (χ0n) is 10.1. The van der Waals surface area contributed by atoms with Crippen LogP contribution in [0.5, 0.6) is 0 Å². The number of fused-ring (bicyclic) bond motifs is 2. The van der Waals surface area contributed by atoms with E-state index in [1.54, 1.807) is 10.6 Å². The van der Waals surface area contributed by atoms with Crippen molar-refractivity contribution in [3.05, 3.63) is 28.7 Å². The van der Waals surface area contributed by atoms with Crippen molar-refractivity contribution in [3.63, 3.8) is 0 Å². The van der Waals surface area contributed by atoms with Gasteiger partial charge in [0.2, 0.25) is 0 Å². The maximum atomic E-state index is 11.1. The molecule has 0 radical (unpaired) electrons. The maximum absolute atomic E-state index is 11.1. The second kappa shape index (κ2) is 3.70. The van der Waals surface area contributed by atoms with Gasteiger partial charge in [-0.2, -0.15) is 0 Å². The summed E-state index contributed by atoms with van der Waals surface area (Å²) in [6.45, 7) is 0. The van der Waals surface area contributed by atoms with Crippen molar-refractivity contribution >= 4 is 23.2 Å². The molecule has 5 nitrogen and oxygen atoms in total. The Hall–Kier alpha value is -1.62. The van der Waals surface area contributed by atoms with E-state index in [1.807, 2.05) is 0 Å². The molecular weight excluding hydrogens is 266 g/mol. The summed E-state index contributed by atoms with van der Waals surface area (Å²) in [6, 6.07) is 1.42. The molecule has 1 N–H and O–H groups in total. The standard InChI is InChI=1S/C13H12ClN3O2/c14-9-4-6(13(18)19)5-17-11(9)15-16-12(17)10-7-2-1-3-8(7)10/h4-5,7-8,10H,1-3H2,(H,18,19). The molecule has 19 heavy (non-hydrogen) atoms. The van der Waals surface area contributed by atoms with E-state index in [0.717, 1.165) is 5.82 Å². The van der Waals surface area contributed by atoms with E-state index >= 15 is 0 Å². The third kappa shape index (κ3) is 1.51. The van der Waals surface area contributed by atoms with Gasteiger partial charge >= 0.3 is 5.97 Å². The first-order valence-electron chi connectivity index (χ1n) is 6.44. The highest BCUT2D eigenvalue weighted by atomic mass is 35.5. The Morgan fingerprint density at radius 2 is 2.11 bits per heavy atom. The SMILES string of the molecule is O=C(O)c1cc(Cl)c2nnc(C3C4CCCC43)n2c1. The number of carboxylic acids is 1. The van der Waals surface area contributed by atoms with Gasteiger partial charge in [-0.25, -0.2) is 4.79 Å². The van der Waals surface area contributed by atoms with E-state index in [4.69, 9.17) is 16.7 Å². The molecule has 2 aromatic heterocycles. The molecule has 2 unspecified atom stereocenters. The predicted octanol–water partition coefficient (Wildman–Crippen LogP) is 2.59. The topological polar surface area (TPSA) is 67.5 Å². The second-order valence-electron chi connectivity index (χ2n) is 5.42. The minimum atomic E-state index is -0.987. The van der Waals surface area contributed by atoms with Crippen LogP contribution in [-0.4, -0.2) is 25.7 Å². The van der Waals surface area contributed by atoms with E-state index in [-0.39, 0.29) is 5.56 Å². The van der Waals surface area contributed by atoms with Crippen LogP contribution in [0, 0.1) is 11.8 Å². The Morgan fingerprint density at radius 3 is 2.79 bits per heavy atom. The number of aromatic carboxylic acids is 1. The summed E-state index contributed by atoms with van der Waals surface area (Å²) < 4.78 is 1.76. The molecule has 0 amide bonds. The fraction of sp³-hybridized carbons (Fsp3) is 0.462. The van der Waals surface area contributed by atoms with Gasteiger partial charge in [0.25, 0.3) is 0 Å². The van der Waals surface area contributed by atoms with Gasteiger partial charge in [-0.3, -0.25) is 4.40 Å². The first-order chi connectivity index (χ1) is 9.16. The minimum absolute atomic E-state index is 0.171. The van der Waals surface area contributed by atoms with E-state index in [9.17, 15) is 4.79 Å². The van der Waals surface area contributed by atoms with Crippen LogP contribution in [0.2, 0.25) is 5.02 Å². The van der Waals surface area contributed by atoms with Crippen LogP contribution in [0.1, 0.15) is 41.4 Å². The van der Waals surface area contributed by atoms with Gasteiger partial charge in [0.15, 0.2) is 5.65 Å². The van der Waals surface area contributed by atoms with Gasteiger partial charge < -0.3 is 5.11 Å². The molecule has 4 rings (SSSR count). The largest absolute Gasteiger partial charge is 0.478 e. The Bertz CT molecular complexity index is 686. The number of pyridine rings is 1. The second-order valence-corrected chi connectivity index (χ2v) is 5.83. The zero-order chi connectivity index (χ0) is 13.1. The van der Waals surface area contributed by atoms with Crippen LogP contribution in [0.3, 0.4) is 0 Å². The number of halogens is 1. The van der Waals surface area contributed by atoms with Crippen molar-refractivity contribution in [3.8, 4) is 0 Å². The van der Waals surface area contributed by atoms with Gasteiger partial charge in [-0.05, 0) is 30.7 Å². The molecule has 2 atom stereocenters. The van der Waals surface area contributed by atoms with Gasteiger partial charge in [-0.1, -0.05) is 18.0 Å². The van der Waals surface area contributed by atoms with Gasteiger partial charge in [0.1, 0.15) is 5.82 Å². The quantitative estimate of drug-likeness (QED) is 0.916. The van der Waals surface area contributed by atoms with Crippen LogP contribution in [0.15, 0.2) is 12.3 Å². The molecule has 0 saturated heterocycles. The van der Waals surface area contributed by atoms with Crippen LogP contribution in [-0.2, 0) is 0 Å². The van der Waals surface area contributed by atoms with Crippen LogP contribution in [0.25, 0.3) is 5.65 Å². The molecular formula is C13H12ClN3O2.